The van der Waals surface area contributed by atoms with Crippen molar-refractivity contribution >= 4 is 12.3 Å². The molecule has 2 fully saturated rings. The molecule has 0 bridgehead atoms. The molecule has 1 heterocycles. The van der Waals surface area contributed by atoms with Crippen LogP contribution in [-0.2, 0) is 14.3 Å². The summed E-state index contributed by atoms with van der Waals surface area (Å²) < 4.78 is 5.80. The summed E-state index contributed by atoms with van der Waals surface area (Å²) in [6.45, 7) is 5.21. The Hall–Kier alpha value is -0.900. The van der Waals surface area contributed by atoms with Crippen molar-refractivity contribution < 1.29 is 14.3 Å². The average Bonchev–Trinajstić information content (AvgIpc) is 3.14. The lowest BCUT2D eigenvalue weighted by molar-refractivity contribution is -0.151. The quantitative estimate of drug-likeness (QED) is 0.525. The van der Waals surface area contributed by atoms with Crippen LogP contribution in [0, 0.1) is 11.8 Å². The minimum atomic E-state index is -0.0247. The summed E-state index contributed by atoms with van der Waals surface area (Å²) in [5, 5.41) is 3.53. The Morgan fingerprint density at radius 2 is 2.14 bits per heavy atom. The average molecular weight is 309 g/mol. The Morgan fingerprint density at radius 3 is 2.82 bits per heavy atom. The molecular formula is C18H31NO3. The first-order valence-corrected chi connectivity index (χ1v) is 9.04. The Labute approximate surface area is 134 Å². The second kappa shape index (κ2) is 8.09. The Kier molecular flexibility index (Phi) is 6.42. The van der Waals surface area contributed by atoms with E-state index >= 15 is 0 Å². The molecule has 0 aromatic rings. The van der Waals surface area contributed by atoms with Gasteiger partial charge in [-0.2, -0.15) is 0 Å². The van der Waals surface area contributed by atoms with E-state index in [0.717, 1.165) is 64.2 Å². The third-order valence-corrected chi connectivity index (χ3v) is 5.25. The van der Waals surface area contributed by atoms with Crippen LogP contribution in [-0.4, -0.2) is 30.4 Å². The van der Waals surface area contributed by atoms with Crippen molar-refractivity contribution in [3.05, 3.63) is 0 Å². The molecule has 0 radical (unpaired) electrons. The number of carbonyl (C=O) groups excluding carboxylic acids is 2. The van der Waals surface area contributed by atoms with Crippen LogP contribution in [0.4, 0.5) is 0 Å². The number of unbranched alkanes of at least 4 members (excludes halogenated alkanes) is 1. The molecule has 4 unspecified atom stereocenters. The van der Waals surface area contributed by atoms with Crippen molar-refractivity contribution in [1.29, 1.82) is 0 Å². The Morgan fingerprint density at radius 1 is 1.32 bits per heavy atom. The second-order valence-electron chi connectivity index (χ2n) is 7.10. The summed E-state index contributed by atoms with van der Waals surface area (Å²) in [6.07, 6.45) is 9.74. The number of nitrogens with one attached hydrogen (secondary N) is 1. The van der Waals surface area contributed by atoms with Crippen LogP contribution in [0.5, 0.6) is 0 Å². The molecule has 4 heteroatoms. The van der Waals surface area contributed by atoms with E-state index in [9.17, 15) is 9.59 Å². The summed E-state index contributed by atoms with van der Waals surface area (Å²) in [5.41, 5.74) is -0.0247. The molecule has 1 saturated heterocycles. The van der Waals surface area contributed by atoms with Crippen LogP contribution >= 0.6 is 0 Å². The van der Waals surface area contributed by atoms with Gasteiger partial charge in [0.25, 0.3) is 0 Å². The number of piperidine rings is 1. The first-order chi connectivity index (χ1) is 10.6. The van der Waals surface area contributed by atoms with Gasteiger partial charge in [0, 0.05) is 12.8 Å². The summed E-state index contributed by atoms with van der Waals surface area (Å²) in [6, 6.07) is 0. The predicted molar refractivity (Wildman–Crippen MR) is 86.6 cm³/mol. The van der Waals surface area contributed by atoms with Crippen LogP contribution in [0.25, 0.3) is 0 Å². The monoisotopic (exact) mass is 309 g/mol. The second-order valence-corrected chi connectivity index (χ2v) is 7.10. The minimum absolute atomic E-state index is 0.00325. The molecule has 2 aliphatic rings. The lowest BCUT2D eigenvalue weighted by Gasteiger charge is -2.30. The Balaban J connectivity index is 1.83. The number of esters is 1. The van der Waals surface area contributed by atoms with Gasteiger partial charge in [0.2, 0.25) is 0 Å². The maximum atomic E-state index is 12.4. The fraction of sp³-hybridized carbons (Fsp3) is 0.889. The molecule has 4 nitrogen and oxygen atoms in total. The van der Waals surface area contributed by atoms with E-state index in [0.29, 0.717) is 12.3 Å². The highest BCUT2D eigenvalue weighted by Gasteiger charge is 2.58. The van der Waals surface area contributed by atoms with Crippen LogP contribution < -0.4 is 5.32 Å². The van der Waals surface area contributed by atoms with Gasteiger partial charge in [-0.15, -0.1) is 0 Å². The molecule has 1 saturated carbocycles. The van der Waals surface area contributed by atoms with Gasteiger partial charge in [0.15, 0.2) is 0 Å². The summed E-state index contributed by atoms with van der Waals surface area (Å²) in [7, 11) is 0. The smallest absolute Gasteiger partial charge is 0.309 e. The molecule has 126 valence electrons. The van der Waals surface area contributed by atoms with Gasteiger partial charge >= 0.3 is 5.97 Å². The van der Waals surface area contributed by atoms with E-state index in [-0.39, 0.29) is 23.5 Å². The largest absolute Gasteiger partial charge is 0.460 e. The molecule has 1 aliphatic heterocycles. The van der Waals surface area contributed by atoms with Crippen molar-refractivity contribution in [2.24, 2.45) is 11.8 Å². The maximum absolute atomic E-state index is 12.4. The molecule has 22 heavy (non-hydrogen) atoms. The fourth-order valence-corrected chi connectivity index (χ4v) is 3.79. The number of carbonyl (C=O) groups is 2. The van der Waals surface area contributed by atoms with Gasteiger partial charge in [-0.1, -0.05) is 33.1 Å². The van der Waals surface area contributed by atoms with Crippen molar-refractivity contribution in [3.63, 3.8) is 0 Å². The van der Waals surface area contributed by atoms with E-state index in [1.54, 1.807) is 0 Å². The van der Waals surface area contributed by atoms with Crippen molar-refractivity contribution in [2.75, 3.05) is 6.54 Å². The topological polar surface area (TPSA) is 55.4 Å². The fourth-order valence-electron chi connectivity index (χ4n) is 3.79. The predicted octanol–water partition coefficient (Wildman–Crippen LogP) is 3.24. The molecule has 1 N–H and O–H groups in total. The zero-order valence-corrected chi connectivity index (χ0v) is 14.1. The third-order valence-electron chi connectivity index (χ3n) is 5.25. The standard InChI is InChI=1S/C18H31NO3/c1-3-5-7-15(6-4-2)17(21)22-16-13-18(16)12-14(9-11-20)8-10-19-18/h11,14-16,19H,3-10,12-13H2,1-2H3. The third kappa shape index (κ3) is 4.31. The first kappa shape index (κ1) is 17.5. The van der Waals surface area contributed by atoms with Crippen LogP contribution in [0.2, 0.25) is 0 Å². The van der Waals surface area contributed by atoms with Gasteiger partial charge in [0.1, 0.15) is 12.4 Å². The van der Waals surface area contributed by atoms with Gasteiger partial charge in [0.05, 0.1) is 11.5 Å². The van der Waals surface area contributed by atoms with Crippen molar-refractivity contribution in [3.8, 4) is 0 Å². The molecular weight excluding hydrogens is 278 g/mol. The lowest BCUT2D eigenvalue weighted by atomic mass is 9.88. The van der Waals surface area contributed by atoms with E-state index in [1.165, 1.54) is 0 Å². The van der Waals surface area contributed by atoms with Gasteiger partial charge in [-0.25, -0.2) is 0 Å². The molecule has 1 aliphatic carbocycles. The lowest BCUT2D eigenvalue weighted by Crippen LogP contribution is -2.43. The Bertz CT molecular complexity index is 385. The number of rotatable bonds is 9. The summed E-state index contributed by atoms with van der Waals surface area (Å²) in [4.78, 5) is 23.1. The number of aldehydes is 1. The molecule has 4 atom stereocenters. The SMILES string of the molecule is CCCCC(CCC)C(=O)OC1CC12CC(CC=O)CCN2. The highest BCUT2D eigenvalue weighted by molar-refractivity contribution is 5.73. The normalized spacial score (nSPS) is 31.7. The molecule has 1 spiro atoms. The van der Waals surface area contributed by atoms with Gasteiger partial charge in [-0.05, 0) is 38.1 Å². The molecule has 2 rings (SSSR count). The number of ether oxygens (including phenoxy) is 1. The number of hydrogen-bond acceptors (Lipinski definition) is 4. The van der Waals surface area contributed by atoms with Gasteiger partial charge in [-0.3, -0.25) is 4.79 Å². The zero-order valence-electron chi connectivity index (χ0n) is 14.1. The molecule has 0 aromatic carbocycles. The minimum Gasteiger partial charge on any atom is -0.460 e. The zero-order chi connectivity index (χ0) is 16.0. The van der Waals surface area contributed by atoms with E-state index < -0.39 is 0 Å². The van der Waals surface area contributed by atoms with Crippen molar-refractivity contribution in [1.82, 2.24) is 5.32 Å². The highest BCUT2D eigenvalue weighted by Crippen LogP contribution is 2.47. The van der Waals surface area contributed by atoms with E-state index in [4.69, 9.17) is 4.74 Å². The summed E-state index contributed by atoms with van der Waals surface area (Å²) >= 11 is 0. The van der Waals surface area contributed by atoms with Crippen LogP contribution in [0.1, 0.15) is 71.6 Å². The maximum Gasteiger partial charge on any atom is 0.309 e. The number of hydrogen-bond donors (Lipinski definition) is 1. The highest BCUT2D eigenvalue weighted by atomic mass is 16.6. The summed E-state index contributed by atoms with van der Waals surface area (Å²) in [5.74, 6) is 0.516. The molecule has 0 amide bonds. The first-order valence-electron chi connectivity index (χ1n) is 9.04. The van der Waals surface area contributed by atoms with Crippen LogP contribution in [0.3, 0.4) is 0 Å². The van der Waals surface area contributed by atoms with E-state index in [2.05, 4.69) is 19.2 Å². The molecule has 0 aromatic heterocycles. The van der Waals surface area contributed by atoms with Gasteiger partial charge < -0.3 is 14.8 Å². The van der Waals surface area contributed by atoms with E-state index in [1.807, 2.05) is 0 Å². The van der Waals surface area contributed by atoms with Crippen molar-refractivity contribution in [2.45, 2.75) is 83.3 Å². The van der Waals surface area contributed by atoms with Crippen LogP contribution in [0.15, 0.2) is 0 Å².